The van der Waals surface area contributed by atoms with Gasteiger partial charge in [-0.25, -0.2) is 8.42 Å². The van der Waals surface area contributed by atoms with Gasteiger partial charge in [0.2, 0.25) is 15.9 Å². The van der Waals surface area contributed by atoms with E-state index in [4.69, 9.17) is 0 Å². The summed E-state index contributed by atoms with van der Waals surface area (Å²) >= 11 is 0. The molecule has 0 N–H and O–H groups in total. The van der Waals surface area contributed by atoms with Crippen LogP contribution in [-0.4, -0.2) is 60.2 Å². The van der Waals surface area contributed by atoms with Gasteiger partial charge in [0.05, 0.1) is 10.6 Å². The Balaban J connectivity index is 1.32. The number of nitrogens with zero attached hydrogens (tertiary/aromatic N) is 4. The molecule has 158 valence electrons. The minimum absolute atomic E-state index is 0.00942. The average Bonchev–Trinajstić information content (AvgIpc) is 3.11. The zero-order valence-corrected chi connectivity index (χ0v) is 18.1. The second-order valence-corrected chi connectivity index (χ2v) is 10.4. The van der Waals surface area contributed by atoms with Crippen LogP contribution in [0.1, 0.15) is 30.3 Å². The summed E-state index contributed by atoms with van der Waals surface area (Å²) in [5.41, 5.74) is 3.80. The number of amides is 1. The van der Waals surface area contributed by atoms with Crippen molar-refractivity contribution < 1.29 is 13.2 Å². The SMILES string of the molecule is CC(=O)N1CCc2cc(S(=O)(=O)N3C4CC3CN(Cc3cccc(C)n3)C4)ccc21. The summed E-state index contributed by atoms with van der Waals surface area (Å²) < 4.78 is 28.4. The summed E-state index contributed by atoms with van der Waals surface area (Å²) in [4.78, 5) is 20.7. The van der Waals surface area contributed by atoms with Gasteiger partial charge in [-0.3, -0.25) is 14.7 Å². The van der Waals surface area contributed by atoms with Gasteiger partial charge >= 0.3 is 0 Å². The molecule has 30 heavy (non-hydrogen) atoms. The van der Waals surface area contributed by atoms with Crippen molar-refractivity contribution in [2.75, 3.05) is 24.5 Å². The first-order valence-corrected chi connectivity index (χ1v) is 11.9. The Morgan fingerprint density at radius 3 is 2.63 bits per heavy atom. The summed E-state index contributed by atoms with van der Waals surface area (Å²) in [6.07, 6.45) is 1.61. The quantitative estimate of drug-likeness (QED) is 0.747. The predicted octanol–water partition coefficient (Wildman–Crippen LogP) is 1.95. The summed E-state index contributed by atoms with van der Waals surface area (Å²) in [7, 11) is -3.54. The first-order chi connectivity index (χ1) is 14.3. The van der Waals surface area contributed by atoms with Gasteiger partial charge in [0.1, 0.15) is 0 Å². The van der Waals surface area contributed by atoms with Gasteiger partial charge in [-0.15, -0.1) is 0 Å². The van der Waals surface area contributed by atoms with Crippen LogP contribution in [0, 0.1) is 6.92 Å². The lowest BCUT2D eigenvalue weighted by molar-refractivity contribution is -0.116. The minimum Gasteiger partial charge on any atom is -0.312 e. The Kier molecular flexibility index (Phi) is 4.68. The molecule has 0 aliphatic carbocycles. The topological polar surface area (TPSA) is 73.8 Å². The van der Waals surface area contributed by atoms with Crippen LogP contribution in [0.5, 0.6) is 0 Å². The monoisotopic (exact) mass is 426 g/mol. The number of fused-ring (bicyclic) bond motifs is 3. The van der Waals surface area contributed by atoms with Crippen molar-refractivity contribution >= 4 is 21.6 Å². The molecule has 2 aromatic rings. The average molecular weight is 427 g/mol. The standard InChI is InChI=1S/C22H26N4O3S/c1-15-4-3-5-18(23-15)12-24-13-19-11-20(14-24)26(19)30(28,29)21-6-7-22-17(10-21)8-9-25(22)16(2)27/h3-7,10,19-20H,8-9,11-14H2,1-2H3. The largest absolute Gasteiger partial charge is 0.312 e. The Morgan fingerprint density at radius 1 is 1.17 bits per heavy atom. The number of carbonyl (C=O) groups excluding carboxylic acids is 1. The third-order valence-electron chi connectivity index (χ3n) is 6.44. The number of aromatic nitrogens is 1. The Hall–Kier alpha value is -2.29. The maximum Gasteiger partial charge on any atom is 0.243 e. The molecule has 2 unspecified atom stereocenters. The molecule has 4 aliphatic heterocycles. The van der Waals surface area contributed by atoms with E-state index in [2.05, 4.69) is 9.88 Å². The van der Waals surface area contributed by atoms with Crippen LogP contribution >= 0.6 is 0 Å². The van der Waals surface area contributed by atoms with Gasteiger partial charge < -0.3 is 4.90 Å². The molecule has 2 atom stereocenters. The Bertz CT molecular complexity index is 1110. The number of piperazine rings is 1. The van der Waals surface area contributed by atoms with Crippen LogP contribution in [0.3, 0.4) is 0 Å². The number of aryl methyl sites for hydroxylation is 1. The van der Waals surface area contributed by atoms with Crippen LogP contribution in [0.25, 0.3) is 0 Å². The maximum atomic E-state index is 13.4. The number of pyridine rings is 1. The van der Waals surface area contributed by atoms with Crippen LogP contribution in [-0.2, 0) is 27.8 Å². The van der Waals surface area contributed by atoms with Crippen molar-refractivity contribution in [3.8, 4) is 0 Å². The highest BCUT2D eigenvalue weighted by Crippen LogP contribution is 2.39. The van der Waals surface area contributed by atoms with Crippen LogP contribution < -0.4 is 4.90 Å². The van der Waals surface area contributed by atoms with Gasteiger partial charge in [-0.1, -0.05) is 6.07 Å². The van der Waals surface area contributed by atoms with Crippen molar-refractivity contribution in [2.24, 2.45) is 0 Å². The molecular formula is C22H26N4O3S. The summed E-state index contributed by atoms with van der Waals surface area (Å²) in [6, 6.07) is 11.2. The molecule has 4 aliphatic rings. The smallest absolute Gasteiger partial charge is 0.243 e. The number of hydrogen-bond acceptors (Lipinski definition) is 5. The molecule has 1 amide bonds. The number of sulfonamides is 1. The lowest BCUT2D eigenvalue weighted by Gasteiger charge is -2.55. The van der Waals surface area contributed by atoms with Crippen LogP contribution in [0.4, 0.5) is 5.69 Å². The second-order valence-electron chi connectivity index (χ2n) is 8.55. The van der Waals surface area contributed by atoms with E-state index in [9.17, 15) is 13.2 Å². The van der Waals surface area contributed by atoms with Crippen molar-refractivity contribution in [3.05, 3.63) is 53.3 Å². The Morgan fingerprint density at radius 2 is 1.93 bits per heavy atom. The molecule has 2 bridgehead atoms. The Labute approximate surface area is 177 Å². The molecule has 3 saturated heterocycles. The van der Waals surface area contributed by atoms with E-state index in [0.29, 0.717) is 17.9 Å². The van der Waals surface area contributed by atoms with E-state index in [1.165, 1.54) is 0 Å². The summed E-state index contributed by atoms with van der Waals surface area (Å²) in [5.74, 6) is -0.00942. The fraction of sp³-hybridized carbons (Fsp3) is 0.455. The molecule has 7 nitrogen and oxygen atoms in total. The van der Waals surface area contributed by atoms with Crippen molar-refractivity contribution in [2.45, 2.75) is 50.2 Å². The highest BCUT2D eigenvalue weighted by molar-refractivity contribution is 7.89. The van der Waals surface area contributed by atoms with E-state index in [1.54, 1.807) is 34.3 Å². The molecule has 0 spiro atoms. The number of piperidine rings is 1. The first-order valence-electron chi connectivity index (χ1n) is 10.4. The molecule has 6 rings (SSSR count). The number of carbonyl (C=O) groups is 1. The van der Waals surface area contributed by atoms with Gasteiger partial charge in [0, 0.05) is 56.6 Å². The van der Waals surface area contributed by atoms with E-state index in [1.807, 2.05) is 25.1 Å². The molecule has 8 heteroatoms. The van der Waals surface area contributed by atoms with E-state index in [0.717, 1.165) is 48.7 Å². The fourth-order valence-corrected chi connectivity index (χ4v) is 6.95. The second kappa shape index (κ2) is 7.14. The molecular weight excluding hydrogens is 400 g/mol. The molecule has 3 fully saturated rings. The zero-order valence-electron chi connectivity index (χ0n) is 17.3. The highest BCUT2D eigenvalue weighted by atomic mass is 32.2. The maximum absolute atomic E-state index is 13.4. The zero-order chi connectivity index (χ0) is 21.0. The van der Waals surface area contributed by atoms with Gasteiger partial charge in [0.15, 0.2) is 0 Å². The molecule has 1 aromatic heterocycles. The van der Waals surface area contributed by atoms with E-state index >= 15 is 0 Å². The third-order valence-corrected chi connectivity index (χ3v) is 8.44. The number of hydrogen-bond donors (Lipinski definition) is 0. The fourth-order valence-electron chi connectivity index (χ4n) is 5.09. The van der Waals surface area contributed by atoms with E-state index in [-0.39, 0.29) is 18.0 Å². The van der Waals surface area contributed by atoms with E-state index < -0.39 is 10.0 Å². The first kappa shape index (κ1) is 19.7. The third kappa shape index (κ3) is 3.23. The number of rotatable bonds is 4. The summed E-state index contributed by atoms with van der Waals surface area (Å²) in [6.45, 7) is 6.35. The summed E-state index contributed by atoms with van der Waals surface area (Å²) in [5, 5.41) is 0. The normalized spacial score (nSPS) is 23.9. The lowest BCUT2D eigenvalue weighted by Crippen LogP contribution is -2.69. The van der Waals surface area contributed by atoms with Crippen LogP contribution in [0.2, 0.25) is 0 Å². The molecule has 0 saturated carbocycles. The van der Waals surface area contributed by atoms with Gasteiger partial charge in [-0.05, 0) is 55.7 Å². The highest BCUT2D eigenvalue weighted by Gasteiger charge is 2.51. The van der Waals surface area contributed by atoms with Gasteiger partial charge in [0.25, 0.3) is 0 Å². The van der Waals surface area contributed by atoms with Crippen LogP contribution in [0.15, 0.2) is 41.3 Å². The molecule has 5 heterocycles. The van der Waals surface area contributed by atoms with Crippen molar-refractivity contribution in [3.63, 3.8) is 0 Å². The molecule has 0 radical (unpaired) electrons. The van der Waals surface area contributed by atoms with Crippen molar-refractivity contribution in [1.29, 1.82) is 0 Å². The van der Waals surface area contributed by atoms with Crippen molar-refractivity contribution in [1.82, 2.24) is 14.2 Å². The predicted molar refractivity (Wildman–Crippen MR) is 114 cm³/mol. The lowest BCUT2D eigenvalue weighted by atomic mass is 9.91. The number of benzene rings is 1. The minimum atomic E-state index is -3.54. The van der Waals surface area contributed by atoms with Gasteiger partial charge in [-0.2, -0.15) is 4.31 Å². The number of anilines is 1. The molecule has 1 aromatic carbocycles.